The molecule has 4 N–H and O–H groups in total. The van der Waals surface area contributed by atoms with Crippen molar-refractivity contribution in [3.05, 3.63) is 28.4 Å². The van der Waals surface area contributed by atoms with Gasteiger partial charge in [0.25, 0.3) is 5.91 Å². The van der Waals surface area contributed by atoms with Crippen LogP contribution in [0.25, 0.3) is 10.9 Å². The van der Waals surface area contributed by atoms with E-state index in [1.807, 2.05) is 0 Å². The number of carboxylic acids is 1. The second kappa shape index (κ2) is 5.95. The van der Waals surface area contributed by atoms with E-state index in [4.69, 9.17) is 10.8 Å². The number of hydrogen-bond donors (Lipinski definition) is 3. The van der Waals surface area contributed by atoms with Gasteiger partial charge in [-0.15, -0.1) is 0 Å². The predicted molar refractivity (Wildman–Crippen MR) is 86.6 cm³/mol. The van der Waals surface area contributed by atoms with Gasteiger partial charge in [-0.3, -0.25) is 9.59 Å². The predicted octanol–water partition coefficient (Wildman–Crippen LogP) is 1.12. The van der Waals surface area contributed by atoms with Crippen LogP contribution in [0.15, 0.2) is 27.6 Å². The Kier molecular flexibility index (Phi) is 4.51. The number of nitrogens with zero attached hydrogens (tertiary/aromatic N) is 1. The minimum absolute atomic E-state index is 0.248. The number of carboxylic acid groups (broad SMARTS) is 1. The lowest BCUT2D eigenvalue weighted by Gasteiger charge is -2.21. The Labute approximate surface area is 140 Å². The Bertz CT molecular complexity index is 906. The van der Waals surface area contributed by atoms with Crippen molar-refractivity contribution in [3.63, 3.8) is 0 Å². The molecule has 0 aliphatic rings. The van der Waals surface area contributed by atoms with Gasteiger partial charge in [0.05, 0.1) is 0 Å². The van der Waals surface area contributed by atoms with Gasteiger partial charge in [0, 0.05) is 22.4 Å². The second-order valence-corrected chi connectivity index (χ2v) is 7.77. The van der Waals surface area contributed by atoms with E-state index in [1.54, 1.807) is 12.1 Å². The number of aromatic amines is 1. The van der Waals surface area contributed by atoms with E-state index in [9.17, 15) is 18.0 Å². The molecule has 0 aliphatic heterocycles. The van der Waals surface area contributed by atoms with Crippen LogP contribution in [0.2, 0.25) is 0 Å². The molecule has 8 nitrogen and oxygen atoms in total. The highest BCUT2D eigenvalue weighted by atomic mass is 79.9. The number of carbonyl (C=O) groups excluding carboxylic acids is 1. The Balaban J connectivity index is 2.79. The Morgan fingerprint density at radius 1 is 1.39 bits per heavy atom. The third kappa shape index (κ3) is 2.96. The third-order valence-corrected chi connectivity index (χ3v) is 6.01. The number of primary amides is 1. The number of sulfonamides is 1. The van der Waals surface area contributed by atoms with Gasteiger partial charge in [-0.1, -0.05) is 15.9 Å². The molecular formula is C13H14BrN3O5S. The Morgan fingerprint density at radius 3 is 2.52 bits per heavy atom. The lowest BCUT2D eigenvalue weighted by Crippen LogP contribution is -2.40. The topological polar surface area (TPSA) is 134 Å². The summed E-state index contributed by atoms with van der Waals surface area (Å²) in [5.41, 5.74) is 5.38. The smallest absolute Gasteiger partial charge is 0.321 e. The number of rotatable bonds is 5. The van der Waals surface area contributed by atoms with Gasteiger partial charge in [0.15, 0.2) is 0 Å². The van der Waals surface area contributed by atoms with Gasteiger partial charge >= 0.3 is 5.97 Å². The molecule has 0 saturated heterocycles. The van der Waals surface area contributed by atoms with Crippen LogP contribution in [0.4, 0.5) is 0 Å². The zero-order valence-electron chi connectivity index (χ0n) is 12.2. The number of aromatic nitrogens is 1. The van der Waals surface area contributed by atoms with Gasteiger partial charge in [-0.2, -0.15) is 4.31 Å². The van der Waals surface area contributed by atoms with Gasteiger partial charge in [-0.25, -0.2) is 8.42 Å². The first-order valence-electron chi connectivity index (χ1n) is 6.39. The monoisotopic (exact) mass is 403 g/mol. The normalized spacial score (nSPS) is 13.4. The summed E-state index contributed by atoms with van der Waals surface area (Å²) in [6.07, 6.45) is 0. The lowest BCUT2D eigenvalue weighted by molar-refractivity contribution is -0.140. The number of nitrogens with two attached hydrogens (primary N) is 1. The number of halogens is 1. The highest BCUT2D eigenvalue weighted by Gasteiger charge is 2.35. The number of amides is 1. The average Bonchev–Trinajstić information content (AvgIpc) is 2.84. The van der Waals surface area contributed by atoms with E-state index in [1.165, 1.54) is 13.0 Å². The number of nitrogens with one attached hydrogen (secondary N) is 1. The van der Waals surface area contributed by atoms with Crippen molar-refractivity contribution in [1.29, 1.82) is 0 Å². The molecule has 0 aliphatic carbocycles. The molecule has 124 valence electrons. The first kappa shape index (κ1) is 17.4. The number of fused-ring (bicyclic) bond motifs is 1. The molecule has 1 amide bonds. The van der Waals surface area contributed by atoms with Crippen LogP contribution in [0.5, 0.6) is 0 Å². The van der Waals surface area contributed by atoms with Crippen molar-refractivity contribution in [2.75, 3.05) is 7.05 Å². The van der Waals surface area contributed by atoms with Crippen LogP contribution in [-0.2, 0) is 14.8 Å². The lowest BCUT2D eigenvalue weighted by atomic mass is 10.2. The molecule has 1 heterocycles. The zero-order chi connectivity index (χ0) is 17.5. The number of carbonyl (C=O) groups is 2. The minimum Gasteiger partial charge on any atom is -0.480 e. The van der Waals surface area contributed by atoms with E-state index in [0.29, 0.717) is 14.3 Å². The molecule has 0 bridgehead atoms. The summed E-state index contributed by atoms with van der Waals surface area (Å²) in [7, 11) is -3.12. The van der Waals surface area contributed by atoms with Crippen molar-refractivity contribution in [2.24, 2.45) is 5.73 Å². The molecule has 0 saturated carbocycles. The van der Waals surface area contributed by atoms with Gasteiger partial charge in [0.2, 0.25) is 10.0 Å². The van der Waals surface area contributed by atoms with Crippen molar-refractivity contribution in [2.45, 2.75) is 17.9 Å². The van der Waals surface area contributed by atoms with Gasteiger partial charge < -0.3 is 15.8 Å². The van der Waals surface area contributed by atoms with Crippen LogP contribution >= 0.6 is 15.9 Å². The van der Waals surface area contributed by atoms with Gasteiger partial charge in [0.1, 0.15) is 16.6 Å². The van der Waals surface area contributed by atoms with Crippen LogP contribution < -0.4 is 5.73 Å². The molecule has 1 aromatic carbocycles. The molecule has 23 heavy (non-hydrogen) atoms. The van der Waals surface area contributed by atoms with Crippen LogP contribution in [0.1, 0.15) is 17.4 Å². The summed E-state index contributed by atoms with van der Waals surface area (Å²) in [6, 6.07) is 3.47. The fourth-order valence-corrected chi connectivity index (χ4v) is 4.10. The molecule has 2 aromatic rings. The molecule has 1 aromatic heterocycles. The number of likely N-dealkylation sites (N-methyl/N-ethyl adjacent to an activating group) is 1. The number of aliphatic carboxylic acids is 1. The zero-order valence-corrected chi connectivity index (χ0v) is 14.6. The van der Waals surface area contributed by atoms with Crippen molar-refractivity contribution < 1.29 is 23.1 Å². The summed E-state index contributed by atoms with van der Waals surface area (Å²) < 4.78 is 26.9. The molecular weight excluding hydrogens is 390 g/mol. The maximum Gasteiger partial charge on any atom is 0.321 e. The highest BCUT2D eigenvalue weighted by molar-refractivity contribution is 9.10. The number of hydrogen-bond acceptors (Lipinski definition) is 4. The van der Waals surface area contributed by atoms with E-state index in [-0.39, 0.29) is 16.0 Å². The van der Waals surface area contributed by atoms with Crippen LogP contribution in [0.3, 0.4) is 0 Å². The summed E-state index contributed by atoms with van der Waals surface area (Å²) in [5, 5.41) is 9.28. The van der Waals surface area contributed by atoms with E-state index in [0.717, 1.165) is 7.05 Å². The van der Waals surface area contributed by atoms with Crippen molar-refractivity contribution >= 4 is 48.7 Å². The Morgan fingerprint density at radius 2 is 2.00 bits per heavy atom. The molecule has 10 heteroatoms. The summed E-state index contributed by atoms with van der Waals surface area (Å²) in [5.74, 6) is -2.26. The van der Waals surface area contributed by atoms with Crippen LogP contribution in [0, 0.1) is 0 Å². The van der Waals surface area contributed by atoms with E-state index >= 15 is 0 Å². The van der Waals surface area contributed by atoms with Crippen molar-refractivity contribution in [1.82, 2.24) is 9.29 Å². The number of benzene rings is 1. The molecule has 0 fully saturated rings. The quantitative estimate of drug-likeness (QED) is 0.687. The summed E-state index contributed by atoms with van der Waals surface area (Å²) in [6.45, 7) is 1.23. The van der Waals surface area contributed by atoms with Crippen LogP contribution in [-0.4, -0.2) is 47.8 Å². The fraction of sp³-hybridized carbons (Fsp3) is 0.231. The molecule has 2 rings (SSSR count). The van der Waals surface area contributed by atoms with Crippen molar-refractivity contribution in [3.8, 4) is 0 Å². The maximum absolute atomic E-state index is 12.8. The van der Waals surface area contributed by atoms with E-state index < -0.39 is 27.9 Å². The molecule has 1 atom stereocenters. The fourth-order valence-electron chi connectivity index (χ4n) is 2.09. The summed E-state index contributed by atoms with van der Waals surface area (Å²) >= 11 is 3.24. The van der Waals surface area contributed by atoms with Gasteiger partial charge in [-0.05, 0) is 25.1 Å². The first-order valence-corrected chi connectivity index (χ1v) is 8.62. The maximum atomic E-state index is 12.8. The highest BCUT2D eigenvalue weighted by Crippen LogP contribution is 2.31. The SMILES string of the molecule is C[C@@H](C(=O)O)N(C)S(=O)(=O)c1c(C(N)=O)[nH]c2ccc(Br)cc12. The average molecular weight is 404 g/mol. The standard InChI is InChI=1S/C13H14BrN3O5S/c1-6(13(19)20)17(2)23(21,22)11-8-5-7(14)3-4-9(8)16-10(11)12(15)18/h3-6,16H,1-2H3,(H2,15,18)(H,19,20)/t6-/m0/s1. The molecule has 0 radical (unpaired) electrons. The third-order valence-electron chi connectivity index (χ3n) is 3.50. The van der Waals surface area contributed by atoms with E-state index in [2.05, 4.69) is 20.9 Å². The summed E-state index contributed by atoms with van der Waals surface area (Å²) in [4.78, 5) is 25.0. The minimum atomic E-state index is -4.26. The largest absolute Gasteiger partial charge is 0.480 e. The Hall–Kier alpha value is -1.91. The molecule has 0 spiro atoms. The number of H-pyrrole nitrogens is 1. The molecule has 0 unspecified atom stereocenters. The second-order valence-electron chi connectivity index (χ2n) is 4.92. The first-order chi connectivity index (χ1) is 10.6.